The molecular weight excluding hydrogens is 231 g/mol. The number of rotatable bonds is 2. The Morgan fingerprint density at radius 1 is 1.24 bits per heavy atom. The molecule has 5 heteroatoms. The smallest absolute Gasteiger partial charge is 0.211 e. The summed E-state index contributed by atoms with van der Waals surface area (Å²) in [6, 6.07) is 3.39. The summed E-state index contributed by atoms with van der Waals surface area (Å²) < 4.78 is 37.4. The van der Waals surface area contributed by atoms with Crippen LogP contribution < -0.4 is 0 Å². The van der Waals surface area contributed by atoms with Crippen molar-refractivity contribution in [3.05, 3.63) is 34.9 Å². The molecule has 0 saturated carbocycles. The molecule has 1 aromatic carbocycles. The second kappa shape index (κ2) is 4.34. The van der Waals surface area contributed by atoms with Crippen molar-refractivity contribution in [2.75, 3.05) is 0 Å². The van der Waals surface area contributed by atoms with E-state index in [-0.39, 0.29) is 0 Å². The molecule has 0 atom stereocenters. The molecule has 0 fully saturated rings. The van der Waals surface area contributed by atoms with Gasteiger partial charge in [0.05, 0.1) is 11.1 Å². The van der Waals surface area contributed by atoms with Crippen LogP contribution in [-0.2, 0) is 16.5 Å². The maximum absolute atomic E-state index is 12.5. The van der Waals surface area contributed by atoms with Crippen LogP contribution in [0.1, 0.15) is 30.5 Å². The number of carbonyl (C=O) groups excluding carboxylic acids is 1. The van der Waals surface area contributed by atoms with Crippen molar-refractivity contribution in [1.82, 2.24) is 0 Å². The zero-order valence-electron chi connectivity index (χ0n) is 9.72. The van der Waals surface area contributed by atoms with Crippen LogP contribution in [0.2, 0.25) is 0 Å². The Morgan fingerprint density at radius 2 is 1.82 bits per heavy atom. The molecule has 0 radical (unpaired) electrons. The number of nitrogens with zero attached hydrogens (tertiary/aromatic N) is 1. The third-order valence-electron chi connectivity index (χ3n) is 2.54. The van der Waals surface area contributed by atoms with Gasteiger partial charge in [-0.1, -0.05) is 6.07 Å². The molecule has 0 amide bonds. The first-order chi connectivity index (χ1) is 7.68. The second-order valence-electron chi connectivity index (χ2n) is 4.29. The van der Waals surface area contributed by atoms with E-state index < -0.39 is 17.3 Å². The Labute approximate surface area is 97.2 Å². The predicted molar refractivity (Wildman–Crippen MR) is 57.3 cm³/mol. The minimum absolute atomic E-state index is 0.448. The number of isocyanates is 1. The molecule has 0 aromatic heterocycles. The van der Waals surface area contributed by atoms with Crippen molar-refractivity contribution in [3.63, 3.8) is 0 Å². The molecule has 2 nitrogen and oxygen atoms in total. The van der Waals surface area contributed by atoms with Crippen molar-refractivity contribution in [2.24, 2.45) is 4.99 Å². The van der Waals surface area contributed by atoms with E-state index in [1.54, 1.807) is 20.8 Å². The Hall–Kier alpha value is -1.61. The van der Waals surface area contributed by atoms with Crippen LogP contribution >= 0.6 is 0 Å². The quantitative estimate of drug-likeness (QED) is 0.576. The molecule has 0 N–H and O–H groups in total. The summed E-state index contributed by atoms with van der Waals surface area (Å²) in [5.41, 5.74) is -0.544. The minimum atomic E-state index is -4.36. The summed E-state index contributed by atoms with van der Waals surface area (Å²) in [4.78, 5) is 13.9. The highest BCUT2D eigenvalue weighted by Gasteiger charge is 2.32. The fourth-order valence-electron chi connectivity index (χ4n) is 1.70. The first kappa shape index (κ1) is 13.5. The molecule has 0 bridgehead atoms. The first-order valence-corrected chi connectivity index (χ1v) is 4.96. The molecule has 0 aliphatic rings. The third kappa shape index (κ3) is 2.94. The minimum Gasteiger partial charge on any atom is -0.211 e. The van der Waals surface area contributed by atoms with E-state index in [0.29, 0.717) is 11.1 Å². The third-order valence-corrected chi connectivity index (χ3v) is 2.54. The van der Waals surface area contributed by atoms with Crippen LogP contribution in [0.5, 0.6) is 0 Å². The fraction of sp³-hybridized carbons (Fsp3) is 0.417. The molecule has 92 valence electrons. The van der Waals surface area contributed by atoms with Crippen molar-refractivity contribution in [1.29, 1.82) is 0 Å². The number of aryl methyl sites for hydroxylation is 1. The lowest BCUT2D eigenvalue weighted by Gasteiger charge is -2.21. The van der Waals surface area contributed by atoms with Crippen LogP contribution in [0.25, 0.3) is 0 Å². The molecule has 0 aliphatic carbocycles. The van der Waals surface area contributed by atoms with Crippen LogP contribution in [0.15, 0.2) is 23.2 Å². The molecular formula is C12H12F3NO. The monoisotopic (exact) mass is 243 g/mol. The Morgan fingerprint density at radius 3 is 2.24 bits per heavy atom. The zero-order valence-corrected chi connectivity index (χ0v) is 9.72. The van der Waals surface area contributed by atoms with Gasteiger partial charge in [-0.15, -0.1) is 0 Å². The maximum Gasteiger partial charge on any atom is 0.416 e. The summed E-state index contributed by atoms with van der Waals surface area (Å²) in [6.07, 6.45) is -2.93. The van der Waals surface area contributed by atoms with E-state index in [0.717, 1.165) is 12.1 Å². The summed E-state index contributed by atoms with van der Waals surface area (Å²) in [5, 5.41) is 0. The molecule has 0 unspecified atom stereocenters. The normalized spacial score (nSPS) is 12.1. The van der Waals surface area contributed by atoms with Crippen LogP contribution in [0.3, 0.4) is 0 Å². The molecule has 0 spiro atoms. The predicted octanol–water partition coefficient (Wildman–Crippen LogP) is 3.58. The number of aliphatic imine (C=N–C) groups is 1. The van der Waals surface area contributed by atoms with E-state index in [9.17, 15) is 18.0 Å². The lowest BCUT2D eigenvalue weighted by atomic mass is 9.90. The summed E-state index contributed by atoms with van der Waals surface area (Å²) in [7, 11) is 0. The van der Waals surface area contributed by atoms with Crippen molar-refractivity contribution < 1.29 is 18.0 Å². The van der Waals surface area contributed by atoms with Crippen molar-refractivity contribution in [3.8, 4) is 0 Å². The Balaban J connectivity index is 3.28. The highest BCUT2D eigenvalue weighted by Crippen LogP contribution is 2.34. The lowest BCUT2D eigenvalue weighted by molar-refractivity contribution is -0.137. The average molecular weight is 243 g/mol. The largest absolute Gasteiger partial charge is 0.416 e. The Kier molecular flexibility index (Phi) is 3.43. The zero-order chi connectivity index (χ0) is 13.3. The maximum atomic E-state index is 12.5. The van der Waals surface area contributed by atoms with Gasteiger partial charge in [-0.2, -0.15) is 18.2 Å². The molecule has 0 saturated heterocycles. The van der Waals surface area contributed by atoms with Crippen LogP contribution in [-0.4, -0.2) is 6.08 Å². The summed E-state index contributed by atoms with van der Waals surface area (Å²) in [5.74, 6) is 0. The number of halogens is 3. The number of benzene rings is 1. The highest BCUT2D eigenvalue weighted by atomic mass is 19.4. The van der Waals surface area contributed by atoms with Crippen molar-refractivity contribution in [2.45, 2.75) is 32.5 Å². The van der Waals surface area contributed by atoms with E-state index in [2.05, 4.69) is 4.99 Å². The van der Waals surface area contributed by atoms with Gasteiger partial charge in [0.25, 0.3) is 0 Å². The van der Waals surface area contributed by atoms with Gasteiger partial charge in [-0.05, 0) is 44.0 Å². The van der Waals surface area contributed by atoms with Gasteiger partial charge in [0.1, 0.15) is 0 Å². The SMILES string of the molecule is Cc1cc(C(F)(F)F)ccc1C(C)(C)N=C=O. The lowest BCUT2D eigenvalue weighted by Crippen LogP contribution is -2.16. The molecule has 1 rings (SSSR count). The Bertz CT molecular complexity index is 471. The van der Waals surface area contributed by atoms with Crippen LogP contribution in [0.4, 0.5) is 13.2 Å². The number of alkyl halides is 3. The van der Waals surface area contributed by atoms with Gasteiger partial charge in [0.15, 0.2) is 0 Å². The van der Waals surface area contributed by atoms with Gasteiger partial charge in [0.2, 0.25) is 6.08 Å². The average Bonchev–Trinajstić information content (AvgIpc) is 2.15. The summed E-state index contributed by atoms with van der Waals surface area (Å²) >= 11 is 0. The number of hydrogen-bond acceptors (Lipinski definition) is 2. The first-order valence-electron chi connectivity index (χ1n) is 4.96. The molecule has 0 heterocycles. The van der Waals surface area contributed by atoms with Gasteiger partial charge < -0.3 is 0 Å². The van der Waals surface area contributed by atoms with Gasteiger partial charge >= 0.3 is 6.18 Å². The van der Waals surface area contributed by atoms with Gasteiger partial charge in [-0.3, -0.25) is 0 Å². The summed E-state index contributed by atoms with van der Waals surface area (Å²) in [6.45, 7) is 4.85. The topological polar surface area (TPSA) is 29.4 Å². The molecule has 1 aromatic rings. The van der Waals surface area contributed by atoms with E-state index >= 15 is 0 Å². The fourth-order valence-corrected chi connectivity index (χ4v) is 1.70. The molecule has 17 heavy (non-hydrogen) atoms. The van der Waals surface area contributed by atoms with Crippen LogP contribution in [0, 0.1) is 6.92 Å². The highest BCUT2D eigenvalue weighted by molar-refractivity contribution is 5.41. The van der Waals surface area contributed by atoms with Gasteiger partial charge in [0, 0.05) is 0 Å². The van der Waals surface area contributed by atoms with E-state index in [1.165, 1.54) is 12.1 Å². The van der Waals surface area contributed by atoms with Crippen molar-refractivity contribution >= 4 is 6.08 Å². The van der Waals surface area contributed by atoms with E-state index in [4.69, 9.17) is 0 Å². The standard InChI is InChI=1S/C12H12F3NO/c1-8-6-9(12(13,14)15)4-5-10(8)11(2,3)16-7-17/h4-6H,1-3H3. The number of hydrogen-bond donors (Lipinski definition) is 0. The van der Waals surface area contributed by atoms with E-state index in [1.807, 2.05) is 0 Å². The second-order valence-corrected chi connectivity index (χ2v) is 4.29. The molecule has 0 aliphatic heterocycles. The van der Waals surface area contributed by atoms with Gasteiger partial charge in [-0.25, -0.2) is 4.79 Å².